The van der Waals surface area contributed by atoms with Crippen LogP contribution in [0.15, 0.2) is 59.4 Å². The maximum Gasteiger partial charge on any atom is 0.295 e. The van der Waals surface area contributed by atoms with Crippen molar-refractivity contribution in [2.45, 2.75) is 19.1 Å². The topological polar surface area (TPSA) is 105 Å². The summed E-state index contributed by atoms with van der Waals surface area (Å²) < 4.78 is 3.17. The second-order valence-corrected chi connectivity index (χ2v) is 8.27. The molecule has 0 fully saturated rings. The first-order valence-electron chi connectivity index (χ1n) is 9.64. The minimum atomic E-state index is -0.570. The Morgan fingerprint density at radius 2 is 1.71 bits per heavy atom. The highest BCUT2D eigenvalue weighted by molar-refractivity contribution is 8.01. The molecular formula is C22H24N4O4S. The number of aromatic nitrogens is 2. The summed E-state index contributed by atoms with van der Waals surface area (Å²) in [5, 5.41) is 14.5. The van der Waals surface area contributed by atoms with E-state index < -0.39 is 5.25 Å². The molecule has 1 unspecified atom stereocenters. The first kappa shape index (κ1) is 22.2. The Hall–Kier alpha value is -3.46. The summed E-state index contributed by atoms with van der Waals surface area (Å²) in [4.78, 5) is 37.7. The molecule has 3 rings (SSSR count). The molecule has 0 saturated carbocycles. The molecule has 162 valence electrons. The van der Waals surface area contributed by atoms with Gasteiger partial charge in [0.15, 0.2) is 0 Å². The van der Waals surface area contributed by atoms with Crippen LogP contribution in [-0.4, -0.2) is 37.3 Å². The van der Waals surface area contributed by atoms with Gasteiger partial charge in [0.25, 0.3) is 5.56 Å². The molecule has 0 aliphatic carbocycles. The van der Waals surface area contributed by atoms with Crippen LogP contribution in [-0.2, 0) is 16.6 Å². The molecule has 0 aliphatic rings. The van der Waals surface area contributed by atoms with E-state index in [2.05, 4.69) is 10.6 Å². The third-order valence-electron chi connectivity index (χ3n) is 4.81. The maximum absolute atomic E-state index is 12.9. The van der Waals surface area contributed by atoms with Crippen LogP contribution in [0.25, 0.3) is 5.69 Å². The lowest BCUT2D eigenvalue weighted by atomic mass is 10.3. The standard InChI is InChI=1S/C22H24N4O4S/c1-14-20(22(30)26(25(14)3)16-9-5-4-6-10-16)24-21(29)15(2)31-13-19(28)23-17-11-7-8-12-18(17)27/h4-12,15,27H,13H2,1-3H3,(H,23,28)(H,24,29). The second-order valence-electron chi connectivity index (χ2n) is 6.94. The Morgan fingerprint density at radius 1 is 1.06 bits per heavy atom. The van der Waals surface area contributed by atoms with Gasteiger partial charge in [-0.2, -0.15) is 0 Å². The van der Waals surface area contributed by atoms with Gasteiger partial charge >= 0.3 is 0 Å². The van der Waals surface area contributed by atoms with E-state index in [1.165, 1.54) is 10.7 Å². The third kappa shape index (κ3) is 5.00. The minimum absolute atomic E-state index is 0.0188. The van der Waals surface area contributed by atoms with Gasteiger partial charge in [0.05, 0.1) is 28.1 Å². The Labute approximate surface area is 183 Å². The third-order valence-corrected chi connectivity index (χ3v) is 5.96. The van der Waals surface area contributed by atoms with E-state index >= 15 is 0 Å². The van der Waals surface area contributed by atoms with Crippen LogP contribution in [0.2, 0.25) is 0 Å². The quantitative estimate of drug-likeness (QED) is 0.490. The molecule has 31 heavy (non-hydrogen) atoms. The highest BCUT2D eigenvalue weighted by atomic mass is 32.2. The highest BCUT2D eigenvalue weighted by Crippen LogP contribution is 2.22. The Kier molecular flexibility index (Phi) is 6.86. The number of phenolic OH excluding ortho intramolecular Hbond substituents is 1. The Balaban J connectivity index is 1.64. The summed E-state index contributed by atoms with van der Waals surface area (Å²) in [5.41, 5.74) is 1.52. The molecule has 0 aliphatic heterocycles. The van der Waals surface area contributed by atoms with E-state index in [9.17, 15) is 19.5 Å². The number of thioether (sulfide) groups is 1. The molecule has 0 saturated heterocycles. The van der Waals surface area contributed by atoms with Crippen molar-refractivity contribution in [3.8, 4) is 11.4 Å². The van der Waals surface area contributed by atoms with Gasteiger partial charge in [0, 0.05) is 7.05 Å². The monoisotopic (exact) mass is 440 g/mol. The minimum Gasteiger partial charge on any atom is -0.506 e. The number of amides is 2. The second kappa shape index (κ2) is 9.57. The number of hydrogen-bond donors (Lipinski definition) is 3. The number of para-hydroxylation sites is 3. The van der Waals surface area contributed by atoms with E-state index in [4.69, 9.17) is 0 Å². The molecule has 1 heterocycles. The zero-order valence-corrected chi connectivity index (χ0v) is 18.3. The summed E-state index contributed by atoms with van der Waals surface area (Å²) in [6.45, 7) is 3.43. The van der Waals surface area contributed by atoms with Crippen LogP contribution < -0.4 is 16.2 Å². The van der Waals surface area contributed by atoms with Crippen molar-refractivity contribution in [3.63, 3.8) is 0 Å². The number of carbonyl (C=O) groups excluding carboxylic acids is 2. The number of aromatic hydroxyl groups is 1. The summed E-state index contributed by atoms with van der Waals surface area (Å²) >= 11 is 1.13. The van der Waals surface area contributed by atoms with E-state index in [0.29, 0.717) is 17.1 Å². The van der Waals surface area contributed by atoms with Gasteiger partial charge in [0.1, 0.15) is 11.4 Å². The van der Waals surface area contributed by atoms with Crippen molar-refractivity contribution in [2.75, 3.05) is 16.4 Å². The first-order chi connectivity index (χ1) is 14.8. The fourth-order valence-corrected chi connectivity index (χ4v) is 3.66. The molecule has 2 aromatic carbocycles. The number of carbonyl (C=O) groups is 2. The molecule has 2 amide bonds. The largest absolute Gasteiger partial charge is 0.506 e. The van der Waals surface area contributed by atoms with Gasteiger partial charge in [-0.3, -0.25) is 19.1 Å². The molecule has 1 aromatic heterocycles. The smallest absolute Gasteiger partial charge is 0.295 e. The predicted octanol–water partition coefficient (Wildman–Crippen LogP) is 2.89. The van der Waals surface area contributed by atoms with E-state index in [1.807, 2.05) is 30.3 Å². The summed E-state index contributed by atoms with van der Waals surface area (Å²) in [6.07, 6.45) is 0. The number of benzene rings is 2. The van der Waals surface area contributed by atoms with E-state index in [0.717, 1.165) is 11.8 Å². The van der Waals surface area contributed by atoms with Crippen LogP contribution in [0.4, 0.5) is 11.4 Å². The van der Waals surface area contributed by atoms with Crippen LogP contribution >= 0.6 is 11.8 Å². The van der Waals surface area contributed by atoms with Crippen molar-refractivity contribution >= 4 is 35.0 Å². The summed E-state index contributed by atoms with van der Waals surface area (Å²) in [6, 6.07) is 15.6. The predicted molar refractivity (Wildman–Crippen MR) is 123 cm³/mol. The van der Waals surface area contributed by atoms with Gasteiger partial charge in [-0.25, -0.2) is 4.68 Å². The van der Waals surface area contributed by atoms with Crippen LogP contribution in [0.1, 0.15) is 12.6 Å². The number of hydrogen-bond acceptors (Lipinski definition) is 5. The lowest BCUT2D eigenvalue weighted by Crippen LogP contribution is -2.28. The number of nitrogens with one attached hydrogen (secondary N) is 2. The van der Waals surface area contributed by atoms with Crippen molar-refractivity contribution in [1.29, 1.82) is 0 Å². The molecule has 9 heteroatoms. The van der Waals surface area contributed by atoms with Crippen molar-refractivity contribution in [1.82, 2.24) is 9.36 Å². The SMILES string of the molecule is Cc1c(NC(=O)C(C)SCC(=O)Nc2ccccc2O)c(=O)n(-c2ccccc2)n1C. The molecule has 3 aromatic rings. The van der Waals surface area contributed by atoms with Crippen molar-refractivity contribution in [3.05, 3.63) is 70.6 Å². The number of phenols is 1. The molecule has 0 radical (unpaired) electrons. The van der Waals surface area contributed by atoms with Gasteiger partial charge < -0.3 is 15.7 Å². The van der Waals surface area contributed by atoms with Crippen LogP contribution in [0.3, 0.4) is 0 Å². The van der Waals surface area contributed by atoms with Crippen LogP contribution in [0, 0.1) is 6.92 Å². The van der Waals surface area contributed by atoms with Gasteiger partial charge in [-0.15, -0.1) is 11.8 Å². The van der Waals surface area contributed by atoms with Gasteiger partial charge in [-0.05, 0) is 38.1 Å². The average Bonchev–Trinajstić information content (AvgIpc) is 2.97. The number of nitrogens with zero attached hydrogens (tertiary/aromatic N) is 2. The zero-order valence-electron chi connectivity index (χ0n) is 17.5. The fourth-order valence-electron chi connectivity index (χ4n) is 2.98. The zero-order chi connectivity index (χ0) is 22.5. The van der Waals surface area contributed by atoms with Gasteiger partial charge in [0.2, 0.25) is 11.8 Å². The van der Waals surface area contributed by atoms with E-state index in [1.54, 1.807) is 43.8 Å². The lowest BCUT2D eigenvalue weighted by Gasteiger charge is -2.12. The molecule has 1 atom stereocenters. The molecule has 0 spiro atoms. The normalized spacial score (nSPS) is 11.7. The first-order valence-corrected chi connectivity index (χ1v) is 10.7. The lowest BCUT2D eigenvalue weighted by molar-refractivity contribution is -0.115. The summed E-state index contributed by atoms with van der Waals surface area (Å²) in [5.74, 6) is -0.717. The molecule has 0 bridgehead atoms. The van der Waals surface area contributed by atoms with E-state index in [-0.39, 0.29) is 34.6 Å². The Bertz CT molecular complexity index is 1150. The molecule has 8 nitrogen and oxygen atoms in total. The number of anilines is 2. The molecular weight excluding hydrogens is 416 g/mol. The Morgan fingerprint density at radius 3 is 2.39 bits per heavy atom. The van der Waals surface area contributed by atoms with Gasteiger partial charge in [-0.1, -0.05) is 30.3 Å². The summed E-state index contributed by atoms with van der Waals surface area (Å²) in [7, 11) is 1.75. The number of rotatable bonds is 7. The van der Waals surface area contributed by atoms with Crippen molar-refractivity contribution < 1.29 is 14.7 Å². The average molecular weight is 441 g/mol. The van der Waals surface area contributed by atoms with Crippen molar-refractivity contribution in [2.24, 2.45) is 7.05 Å². The molecule has 3 N–H and O–H groups in total. The van der Waals surface area contributed by atoms with Crippen LogP contribution in [0.5, 0.6) is 5.75 Å². The maximum atomic E-state index is 12.9. The highest BCUT2D eigenvalue weighted by Gasteiger charge is 2.22. The fraction of sp³-hybridized carbons (Fsp3) is 0.227.